The highest BCUT2D eigenvalue weighted by molar-refractivity contribution is 7.87. The highest BCUT2D eigenvalue weighted by atomic mass is 32.2. The molecule has 1 aliphatic rings. The Morgan fingerprint density at radius 2 is 1.80 bits per heavy atom. The lowest BCUT2D eigenvalue weighted by Crippen LogP contribution is -2.46. The maximum absolute atomic E-state index is 12.6. The number of amides is 1. The molecule has 4 rings (SSSR count). The summed E-state index contributed by atoms with van der Waals surface area (Å²) >= 11 is 1.07. The normalized spacial score (nSPS) is 16.3. The van der Waals surface area contributed by atoms with Gasteiger partial charge in [-0.05, 0) is 52.7 Å². The highest BCUT2D eigenvalue weighted by Gasteiger charge is 2.38. The van der Waals surface area contributed by atoms with Gasteiger partial charge in [0.15, 0.2) is 4.96 Å². The summed E-state index contributed by atoms with van der Waals surface area (Å²) in [4.78, 5) is 31.3. The van der Waals surface area contributed by atoms with Crippen LogP contribution >= 0.6 is 11.3 Å². The topological polar surface area (TPSA) is 128 Å². The second kappa shape index (κ2) is 8.92. The highest BCUT2D eigenvalue weighted by Crippen LogP contribution is 2.37. The van der Waals surface area contributed by atoms with Crippen LogP contribution < -0.4 is 9.74 Å². The van der Waals surface area contributed by atoms with Crippen LogP contribution in [-0.4, -0.2) is 52.6 Å². The summed E-state index contributed by atoms with van der Waals surface area (Å²) in [5.74, 6) is -0.351. The summed E-state index contributed by atoms with van der Waals surface area (Å²) in [5.41, 5.74) is -1.53. The number of thiazole rings is 1. The van der Waals surface area contributed by atoms with Gasteiger partial charge in [0, 0.05) is 19.3 Å². The molecule has 2 aromatic heterocycles. The van der Waals surface area contributed by atoms with Crippen molar-refractivity contribution >= 4 is 32.5 Å². The molecule has 0 bridgehead atoms. The molecule has 1 aliphatic heterocycles. The number of ether oxygens (including phenoxy) is 1. The van der Waals surface area contributed by atoms with Crippen LogP contribution in [0.2, 0.25) is 0 Å². The van der Waals surface area contributed by atoms with Crippen molar-refractivity contribution in [3.63, 3.8) is 0 Å². The zero-order valence-electron chi connectivity index (χ0n) is 19.8. The molecule has 1 aromatic carbocycles. The van der Waals surface area contributed by atoms with Gasteiger partial charge in [0.25, 0.3) is 5.56 Å². The van der Waals surface area contributed by atoms with E-state index in [-0.39, 0.29) is 41.7 Å². The molecule has 1 saturated heterocycles. The minimum Gasteiger partial charge on any atom is -0.444 e. The van der Waals surface area contributed by atoms with Crippen LogP contribution in [0.5, 0.6) is 5.88 Å². The van der Waals surface area contributed by atoms with E-state index < -0.39 is 33.0 Å². The quantitative estimate of drug-likeness (QED) is 0.519. The lowest BCUT2D eigenvalue weighted by atomic mass is 9.90. The first-order chi connectivity index (χ1) is 16.3. The molecular formula is C23H27N3O7S2. The van der Waals surface area contributed by atoms with Crippen molar-refractivity contribution < 1.29 is 27.2 Å². The SMILES string of the molecule is Cc1ccc(S(=O)(=O)Oc2cc(=O)n3cc(C4(O)CCN(C(=O)OC(C)(C)C)CC4)sc3n2)cc1. The van der Waals surface area contributed by atoms with E-state index in [4.69, 9.17) is 8.92 Å². The van der Waals surface area contributed by atoms with Crippen LogP contribution in [0.25, 0.3) is 4.96 Å². The van der Waals surface area contributed by atoms with Gasteiger partial charge in [-0.3, -0.25) is 9.20 Å². The van der Waals surface area contributed by atoms with E-state index in [9.17, 15) is 23.1 Å². The number of carbonyl (C=O) groups is 1. The molecule has 3 heterocycles. The van der Waals surface area contributed by atoms with Gasteiger partial charge < -0.3 is 18.9 Å². The third-order valence-corrected chi connectivity index (χ3v) is 7.97. The smallest absolute Gasteiger partial charge is 0.410 e. The van der Waals surface area contributed by atoms with Gasteiger partial charge in [0.05, 0.1) is 10.9 Å². The van der Waals surface area contributed by atoms with E-state index in [1.54, 1.807) is 37.8 Å². The van der Waals surface area contributed by atoms with E-state index in [0.29, 0.717) is 4.88 Å². The van der Waals surface area contributed by atoms with Crippen LogP contribution in [0.3, 0.4) is 0 Å². The van der Waals surface area contributed by atoms with E-state index in [1.165, 1.54) is 22.7 Å². The first kappa shape index (κ1) is 25.1. The number of carbonyl (C=O) groups excluding carboxylic acids is 1. The average Bonchev–Trinajstić information content (AvgIpc) is 3.19. The van der Waals surface area contributed by atoms with Crippen LogP contribution in [0.1, 0.15) is 44.1 Å². The second-order valence-corrected chi connectivity index (χ2v) is 12.1. The Bertz CT molecular complexity index is 1410. The Hall–Kier alpha value is -2.96. The number of piperidine rings is 1. The molecule has 3 aromatic rings. The zero-order valence-corrected chi connectivity index (χ0v) is 21.5. The van der Waals surface area contributed by atoms with Crippen molar-refractivity contribution in [1.82, 2.24) is 14.3 Å². The number of hydrogen-bond acceptors (Lipinski definition) is 9. The van der Waals surface area contributed by atoms with Crippen molar-refractivity contribution in [2.45, 2.75) is 56.6 Å². The fraction of sp³-hybridized carbons (Fsp3) is 0.435. The molecular weight excluding hydrogens is 494 g/mol. The molecule has 1 amide bonds. The summed E-state index contributed by atoms with van der Waals surface area (Å²) in [6.45, 7) is 7.76. The summed E-state index contributed by atoms with van der Waals surface area (Å²) in [6.07, 6.45) is 1.56. The molecule has 0 unspecified atom stereocenters. The van der Waals surface area contributed by atoms with Crippen LogP contribution in [0.15, 0.2) is 46.2 Å². The van der Waals surface area contributed by atoms with Crippen LogP contribution in [0.4, 0.5) is 4.79 Å². The molecule has 0 aliphatic carbocycles. The van der Waals surface area contributed by atoms with Crippen molar-refractivity contribution in [1.29, 1.82) is 0 Å². The molecule has 0 radical (unpaired) electrons. The number of rotatable bonds is 4. The summed E-state index contributed by atoms with van der Waals surface area (Å²) < 4.78 is 36.9. The maximum Gasteiger partial charge on any atom is 0.410 e. The number of aromatic nitrogens is 2. The molecule has 0 spiro atoms. The maximum atomic E-state index is 12.6. The van der Waals surface area contributed by atoms with Crippen molar-refractivity contribution in [3.8, 4) is 5.88 Å². The molecule has 0 atom stereocenters. The molecule has 12 heteroatoms. The van der Waals surface area contributed by atoms with Gasteiger partial charge in [-0.15, -0.1) is 0 Å². The first-order valence-electron chi connectivity index (χ1n) is 11.0. The number of likely N-dealkylation sites (tertiary alicyclic amines) is 1. The summed E-state index contributed by atoms with van der Waals surface area (Å²) in [7, 11) is -4.17. The van der Waals surface area contributed by atoms with E-state index >= 15 is 0 Å². The molecule has 35 heavy (non-hydrogen) atoms. The third kappa shape index (κ3) is 5.49. The van der Waals surface area contributed by atoms with Gasteiger partial charge in [0.2, 0.25) is 5.88 Å². The van der Waals surface area contributed by atoms with Crippen molar-refractivity contribution in [2.75, 3.05) is 13.1 Å². The Morgan fingerprint density at radius 3 is 2.40 bits per heavy atom. The molecule has 188 valence electrons. The number of benzene rings is 1. The average molecular weight is 522 g/mol. The summed E-state index contributed by atoms with van der Waals surface area (Å²) in [6, 6.07) is 7.10. The minimum atomic E-state index is -4.17. The Balaban J connectivity index is 1.54. The number of nitrogens with zero attached hydrogens (tertiary/aromatic N) is 3. The lowest BCUT2D eigenvalue weighted by molar-refractivity contribution is -0.0336. The van der Waals surface area contributed by atoms with Crippen LogP contribution in [0, 0.1) is 6.92 Å². The predicted octanol–water partition coefficient (Wildman–Crippen LogP) is 3.05. The minimum absolute atomic E-state index is 0.0528. The van der Waals surface area contributed by atoms with Crippen LogP contribution in [-0.2, 0) is 20.5 Å². The predicted molar refractivity (Wildman–Crippen MR) is 129 cm³/mol. The molecule has 1 fully saturated rings. The standard InChI is InChI=1S/C23H27N3O7S2/c1-15-5-7-16(8-6-15)35(30,31)33-18-13-19(27)26-14-17(34-20(26)24-18)23(29)9-11-25(12-10-23)21(28)32-22(2,3)4/h5-8,13-14,29H,9-12H2,1-4H3. The van der Waals surface area contributed by atoms with Gasteiger partial charge in [0.1, 0.15) is 16.1 Å². The van der Waals surface area contributed by atoms with Gasteiger partial charge in [-0.1, -0.05) is 29.0 Å². The van der Waals surface area contributed by atoms with E-state index in [2.05, 4.69) is 4.98 Å². The van der Waals surface area contributed by atoms with Crippen molar-refractivity contribution in [3.05, 3.63) is 57.3 Å². The number of aryl methyl sites for hydroxylation is 1. The fourth-order valence-electron chi connectivity index (χ4n) is 3.64. The zero-order chi connectivity index (χ0) is 25.6. The largest absolute Gasteiger partial charge is 0.444 e. The monoisotopic (exact) mass is 521 g/mol. The lowest BCUT2D eigenvalue weighted by Gasteiger charge is -2.37. The molecule has 10 nitrogen and oxygen atoms in total. The Labute approximate surface area is 206 Å². The van der Waals surface area contributed by atoms with E-state index in [0.717, 1.165) is 23.0 Å². The van der Waals surface area contributed by atoms with Gasteiger partial charge >= 0.3 is 16.2 Å². The van der Waals surface area contributed by atoms with E-state index in [1.807, 2.05) is 6.92 Å². The summed E-state index contributed by atoms with van der Waals surface area (Å²) in [5, 5.41) is 11.3. The number of fused-ring (bicyclic) bond motifs is 1. The Morgan fingerprint density at radius 1 is 1.17 bits per heavy atom. The van der Waals surface area contributed by atoms with Gasteiger partial charge in [-0.2, -0.15) is 13.4 Å². The van der Waals surface area contributed by atoms with Gasteiger partial charge in [-0.25, -0.2) is 4.79 Å². The van der Waals surface area contributed by atoms with Crippen molar-refractivity contribution in [2.24, 2.45) is 0 Å². The number of aliphatic hydroxyl groups is 1. The first-order valence-corrected chi connectivity index (χ1v) is 13.2. The third-order valence-electron chi connectivity index (χ3n) is 5.55. The fourth-order valence-corrected chi connectivity index (χ4v) is 5.64. The molecule has 0 saturated carbocycles. The Kier molecular flexibility index (Phi) is 6.41. The second-order valence-electron chi connectivity index (χ2n) is 9.53. The number of hydrogen-bond donors (Lipinski definition) is 1. The molecule has 1 N–H and O–H groups in total.